The van der Waals surface area contributed by atoms with E-state index in [0.29, 0.717) is 5.75 Å². The van der Waals surface area contributed by atoms with Gasteiger partial charge in [0, 0.05) is 12.7 Å². The summed E-state index contributed by atoms with van der Waals surface area (Å²) >= 11 is 3.69. The Morgan fingerprint density at radius 2 is 2.00 bits per heavy atom. The Labute approximate surface area is 64.9 Å². The van der Waals surface area contributed by atoms with Crippen LogP contribution >= 0.6 is 12.6 Å². The minimum atomic E-state index is -0.833. The van der Waals surface area contributed by atoms with E-state index >= 15 is 0 Å². The van der Waals surface area contributed by atoms with E-state index in [0.717, 1.165) is 6.92 Å². The Morgan fingerprint density at radius 3 is 2.00 bits per heavy atom. The van der Waals surface area contributed by atoms with Crippen molar-refractivity contribution in [3.05, 3.63) is 0 Å². The molecule has 0 spiro atoms. The van der Waals surface area contributed by atoms with Gasteiger partial charge in [-0.25, -0.2) is 0 Å². The highest BCUT2D eigenvalue weighted by Gasteiger charge is 1.92. The molecule has 0 heterocycles. The first-order valence-electron chi connectivity index (χ1n) is 2.63. The number of hydrogen-bond donors (Lipinski definition) is 4. The monoisotopic (exact) mass is 168 g/mol. The van der Waals surface area contributed by atoms with Crippen LogP contribution < -0.4 is 0 Å². The molecule has 0 radical (unpaired) electrons. The molecule has 0 aliphatic rings. The molecule has 3 N–H and O–H groups in total. The lowest BCUT2D eigenvalue weighted by Crippen LogP contribution is -2.12. The fourth-order valence-electron chi connectivity index (χ4n) is 0.0577. The highest BCUT2D eigenvalue weighted by molar-refractivity contribution is 7.80. The van der Waals surface area contributed by atoms with Crippen molar-refractivity contribution in [1.29, 1.82) is 0 Å². The third kappa shape index (κ3) is 25.1. The molecule has 0 bridgehead atoms. The molecule has 4 nitrogen and oxygen atoms in total. The molecular formula is C5H12O4S. The SMILES string of the molecule is CC(=O)O.OCC(O)CS. The number of carboxylic acids is 1. The Hall–Kier alpha value is -0.260. The van der Waals surface area contributed by atoms with Gasteiger partial charge in [0.25, 0.3) is 5.97 Å². The summed E-state index contributed by atoms with van der Waals surface area (Å²) in [5, 5.41) is 23.8. The summed E-state index contributed by atoms with van der Waals surface area (Å²) in [5.74, 6) is -0.503. The molecule has 0 aliphatic heterocycles. The normalized spacial score (nSPS) is 11.2. The zero-order chi connectivity index (χ0) is 8.57. The molecule has 0 fully saturated rings. The first kappa shape index (κ1) is 12.4. The van der Waals surface area contributed by atoms with Gasteiger partial charge in [-0.2, -0.15) is 12.6 Å². The molecule has 1 atom stereocenters. The van der Waals surface area contributed by atoms with Crippen molar-refractivity contribution in [2.24, 2.45) is 0 Å². The number of aliphatic hydroxyl groups is 2. The molecule has 0 rings (SSSR count). The molecule has 0 amide bonds. The van der Waals surface area contributed by atoms with Crippen molar-refractivity contribution in [3.63, 3.8) is 0 Å². The molecule has 0 aliphatic carbocycles. The van der Waals surface area contributed by atoms with E-state index in [1.165, 1.54) is 0 Å². The van der Waals surface area contributed by atoms with Gasteiger partial charge in [0.2, 0.25) is 0 Å². The predicted octanol–water partition coefficient (Wildman–Crippen LogP) is -0.640. The van der Waals surface area contributed by atoms with Gasteiger partial charge in [0.05, 0.1) is 12.7 Å². The van der Waals surface area contributed by atoms with Crippen LogP contribution in [0.4, 0.5) is 0 Å². The summed E-state index contributed by atoms with van der Waals surface area (Å²) < 4.78 is 0. The van der Waals surface area contributed by atoms with Crippen LogP contribution in [0.3, 0.4) is 0 Å². The highest BCUT2D eigenvalue weighted by atomic mass is 32.1. The molecule has 1 unspecified atom stereocenters. The Morgan fingerprint density at radius 1 is 1.70 bits per heavy atom. The summed E-state index contributed by atoms with van der Waals surface area (Å²) in [4.78, 5) is 9.00. The van der Waals surface area contributed by atoms with Crippen LogP contribution in [0, 0.1) is 0 Å². The number of aliphatic carboxylic acids is 1. The van der Waals surface area contributed by atoms with Gasteiger partial charge in [-0.3, -0.25) is 4.79 Å². The summed E-state index contributed by atoms with van der Waals surface area (Å²) in [5.41, 5.74) is 0. The zero-order valence-electron chi connectivity index (χ0n) is 5.69. The number of aliphatic hydroxyl groups excluding tert-OH is 2. The lowest BCUT2D eigenvalue weighted by atomic mass is 10.4. The maximum atomic E-state index is 9.00. The first-order valence-corrected chi connectivity index (χ1v) is 3.27. The average Bonchev–Trinajstić information content (AvgIpc) is 1.85. The minimum Gasteiger partial charge on any atom is -0.481 e. The van der Waals surface area contributed by atoms with Crippen molar-refractivity contribution in [2.75, 3.05) is 12.4 Å². The molecule has 0 aromatic carbocycles. The molecule has 5 heteroatoms. The quantitative estimate of drug-likeness (QED) is 0.414. The van der Waals surface area contributed by atoms with Gasteiger partial charge in [0.15, 0.2) is 0 Å². The van der Waals surface area contributed by atoms with Crippen LogP contribution in [0.5, 0.6) is 0 Å². The molecule has 62 valence electrons. The zero-order valence-corrected chi connectivity index (χ0v) is 6.58. The van der Waals surface area contributed by atoms with Crippen LogP contribution in [-0.4, -0.2) is 39.8 Å². The summed E-state index contributed by atoms with van der Waals surface area (Å²) in [6, 6.07) is 0. The maximum absolute atomic E-state index is 9.00. The van der Waals surface area contributed by atoms with E-state index < -0.39 is 12.1 Å². The van der Waals surface area contributed by atoms with Crippen molar-refractivity contribution in [3.8, 4) is 0 Å². The standard InChI is InChI=1S/C3H8O2S.C2H4O2/c4-1-3(5)2-6;1-2(3)4/h3-6H,1-2H2;1H3,(H,3,4). The molecule has 10 heavy (non-hydrogen) atoms. The van der Waals surface area contributed by atoms with Gasteiger partial charge in [0.1, 0.15) is 0 Å². The van der Waals surface area contributed by atoms with Crippen molar-refractivity contribution in [1.82, 2.24) is 0 Å². The number of rotatable bonds is 2. The number of carbonyl (C=O) groups is 1. The molecule has 0 saturated carbocycles. The van der Waals surface area contributed by atoms with E-state index in [1.54, 1.807) is 0 Å². The molecule has 0 aromatic rings. The van der Waals surface area contributed by atoms with E-state index in [2.05, 4.69) is 12.6 Å². The fraction of sp³-hybridized carbons (Fsp3) is 0.800. The van der Waals surface area contributed by atoms with E-state index in [-0.39, 0.29) is 6.61 Å². The van der Waals surface area contributed by atoms with E-state index in [1.807, 2.05) is 0 Å². The van der Waals surface area contributed by atoms with Crippen molar-refractivity contribution < 1.29 is 20.1 Å². The summed E-state index contributed by atoms with van der Waals surface area (Å²) in [7, 11) is 0. The second kappa shape index (κ2) is 8.74. The van der Waals surface area contributed by atoms with Crippen LogP contribution in [0.2, 0.25) is 0 Å². The number of carboxylic acid groups (broad SMARTS) is 1. The van der Waals surface area contributed by atoms with Gasteiger partial charge < -0.3 is 15.3 Å². The summed E-state index contributed by atoms with van der Waals surface area (Å²) in [6.45, 7) is 0.892. The highest BCUT2D eigenvalue weighted by Crippen LogP contribution is 1.81. The molecule has 0 aromatic heterocycles. The minimum absolute atomic E-state index is 0.191. The van der Waals surface area contributed by atoms with Gasteiger partial charge in [-0.15, -0.1) is 0 Å². The number of thiol groups is 1. The van der Waals surface area contributed by atoms with Gasteiger partial charge in [-0.05, 0) is 0 Å². The maximum Gasteiger partial charge on any atom is 0.300 e. The van der Waals surface area contributed by atoms with Crippen LogP contribution in [0.25, 0.3) is 0 Å². The van der Waals surface area contributed by atoms with Gasteiger partial charge >= 0.3 is 0 Å². The second-order valence-electron chi connectivity index (χ2n) is 1.54. The first-order chi connectivity index (χ1) is 4.54. The Balaban J connectivity index is 0. The number of hydrogen-bond acceptors (Lipinski definition) is 4. The third-order valence-electron chi connectivity index (χ3n) is 0.421. The fourth-order valence-corrected chi connectivity index (χ4v) is 0.173. The molecular weight excluding hydrogens is 156 g/mol. The van der Waals surface area contributed by atoms with Crippen LogP contribution in [0.15, 0.2) is 0 Å². The van der Waals surface area contributed by atoms with Crippen LogP contribution in [-0.2, 0) is 4.79 Å². The predicted molar refractivity (Wildman–Crippen MR) is 40.3 cm³/mol. The smallest absolute Gasteiger partial charge is 0.300 e. The topological polar surface area (TPSA) is 77.8 Å². The van der Waals surface area contributed by atoms with Crippen LogP contribution in [0.1, 0.15) is 6.92 Å². The van der Waals surface area contributed by atoms with E-state index in [4.69, 9.17) is 20.1 Å². The van der Waals surface area contributed by atoms with E-state index in [9.17, 15) is 0 Å². The third-order valence-corrected chi connectivity index (χ3v) is 0.843. The Bertz CT molecular complexity index is 77.7. The second-order valence-corrected chi connectivity index (χ2v) is 1.90. The average molecular weight is 168 g/mol. The van der Waals surface area contributed by atoms with Crippen molar-refractivity contribution >= 4 is 18.6 Å². The molecule has 0 saturated heterocycles. The van der Waals surface area contributed by atoms with Crippen molar-refractivity contribution in [2.45, 2.75) is 13.0 Å². The van der Waals surface area contributed by atoms with Gasteiger partial charge in [-0.1, -0.05) is 0 Å². The lowest BCUT2D eigenvalue weighted by Gasteiger charge is -1.96. The lowest BCUT2D eigenvalue weighted by molar-refractivity contribution is -0.134. The largest absolute Gasteiger partial charge is 0.481 e. The Kier molecular flexibility index (Phi) is 10.9. The summed E-state index contributed by atoms with van der Waals surface area (Å²) in [6.07, 6.45) is -0.645.